The Morgan fingerprint density at radius 1 is 0.939 bits per heavy atom. The van der Waals surface area contributed by atoms with Crippen molar-refractivity contribution in [3.05, 3.63) is 89.6 Å². The van der Waals surface area contributed by atoms with Crippen LogP contribution in [0.2, 0.25) is 0 Å². The van der Waals surface area contributed by atoms with Crippen LogP contribution in [0.15, 0.2) is 77.8 Å². The Labute approximate surface area is 195 Å². The molecule has 8 heteroatoms. The van der Waals surface area contributed by atoms with Gasteiger partial charge in [0.25, 0.3) is 5.91 Å². The third kappa shape index (κ3) is 5.77. The van der Waals surface area contributed by atoms with Crippen molar-refractivity contribution in [2.45, 2.75) is 17.2 Å². The van der Waals surface area contributed by atoms with E-state index in [-0.39, 0.29) is 11.7 Å². The topological polar surface area (TPSA) is 82.6 Å². The fourth-order valence-electron chi connectivity index (χ4n) is 3.83. The van der Waals surface area contributed by atoms with Crippen LogP contribution in [0, 0.1) is 0 Å². The first-order chi connectivity index (χ1) is 15.9. The van der Waals surface area contributed by atoms with Gasteiger partial charge in [0.1, 0.15) is 5.82 Å². The molecule has 33 heavy (non-hydrogen) atoms. The molecule has 7 nitrogen and oxygen atoms in total. The Hall–Kier alpha value is -3.23. The van der Waals surface area contributed by atoms with E-state index in [2.05, 4.69) is 27.1 Å². The number of rotatable bonds is 7. The number of anilines is 1. The van der Waals surface area contributed by atoms with Gasteiger partial charge in [0.05, 0.1) is 10.6 Å². The summed E-state index contributed by atoms with van der Waals surface area (Å²) in [5, 5.41) is 2.96. The first-order valence-electron chi connectivity index (χ1n) is 10.9. The number of sulfone groups is 1. The molecule has 1 aromatic heterocycles. The van der Waals surface area contributed by atoms with Crippen molar-refractivity contribution in [2.24, 2.45) is 0 Å². The van der Waals surface area contributed by atoms with Crippen LogP contribution in [0.25, 0.3) is 0 Å². The maximum absolute atomic E-state index is 12.7. The maximum atomic E-state index is 12.7. The van der Waals surface area contributed by atoms with Gasteiger partial charge in [-0.05, 0) is 42.9 Å². The zero-order valence-corrected chi connectivity index (χ0v) is 19.5. The van der Waals surface area contributed by atoms with E-state index in [0.29, 0.717) is 22.6 Å². The summed E-state index contributed by atoms with van der Waals surface area (Å²) < 4.78 is 25.1. The highest BCUT2D eigenvalue weighted by Gasteiger charge is 2.19. The number of likely N-dealkylation sites (N-methyl/N-ethyl adjacent to an activating group) is 1. The zero-order chi connectivity index (χ0) is 23.3. The molecule has 0 spiro atoms. The number of carbonyl (C=O) groups excluding carboxylic acids is 1. The summed E-state index contributed by atoms with van der Waals surface area (Å²) in [6.07, 6.45) is 1.78. The average Bonchev–Trinajstić information content (AvgIpc) is 2.84. The van der Waals surface area contributed by atoms with Gasteiger partial charge in [0, 0.05) is 50.0 Å². The minimum atomic E-state index is -3.43. The van der Waals surface area contributed by atoms with E-state index in [0.717, 1.165) is 37.6 Å². The molecule has 1 aliphatic rings. The van der Waals surface area contributed by atoms with E-state index >= 15 is 0 Å². The number of nitrogens with zero attached hydrogens (tertiary/aromatic N) is 3. The van der Waals surface area contributed by atoms with E-state index in [1.807, 2.05) is 12.1 Å². The molecular formula is C25H28N4O3S. The SMILES string of the molecule is CN1CCN(c2ncccc2CNC(=O)c2ccc(CS(=O)(=O)c3ccccc3)cc2)CC1. The van der Waals surface area contributed by atoms with E-state index in [9.17, 15) is 13.2 Å². The summed E-state index contributed by atoms with van der Waals surface area (Å²) in [6.45, 7) is 4.14. The first-order valence-corrected chi connectivity index (χ1v) is 12.6. The van der Waals surface area contributed by atoms with Crippen LogP contribution < -0.4 is 10.2 Å². The number of carbonyl (C=O) groups is 1. The van der Waals surface area contributed by atoms with Crippen molar-refractivity contribution in [3.63, 3.8) is 0 Å². The third-order valence-corrected chi connectivity index (χ3v) is 7.49. The molecule has 1 fully saturated rings. The minimum absolute atomic E-state index is 0.108. The van der Waals surface area contributed by atoms with Gasteiger partial charge >= 0.3 is 0 Å². The van der Waals surface area contributed by atoms with Crippen LogP contribution in [-0.4, -0.2) is 57.4 Å². The summed E-state index contributed by atoms with van der Waals surface area (Å²) >= 11 is 0. The molecule has 1 amide bonds. The largest absolute Gasteiger partial charge is 0.354 e. The summed E-state index contributed by atoms with van der Waals surface area (Å²) in [6, 6.07) is 18.9. The fraction of sp³-hybridized carbons (Fsp3) is 0.280. The van der Waals surface area contributed by atoms with Gasteiger partial charge in [-0.1, -0.05) is 36.4 Å². The van der Waals surface area contributed by atoms with Crippen LogP contribution in [0.5, 0.6) is 0 Å². The molecule has 1 N–H and O–H groups in total. The second-order valence-corrected chi connectivity index (χ2v) is 10.2. The molecule has 172 valence electrons. The molecule has 0 unspecified atom stereocenters. The van der Waals surface area contributed by atoms with Gasteiger partial charge in [-0.15, -0.1) is 0 Å². The molecule has 4 rings (SSSR count). The Morgan fingerprint density at radius 3 is 2.33 bits per heavy atom. The Balaban J connectivity index is 1.38. The number of aromatic nitrogens is 1. The van der Waals surface area contributed by atoms with Crippen molar-refractivity contribution < 1.29 is 13.2 Å². The lowest BCUT2D eigenvalue weighted by atomic mass is 10.1. The van der Waals surface area contributed by atoms with Crippen molar-refractivity contribution >= 4 is 21.6 Å². The third-order valence-electron chi connectivity index (χ3n) is 5.78. The number of piperazine rings is 1. The van der Waals surface area contributed by atoms with Crippen molar-refractivity contribution in [2.75, 3.05) is 38.1 Å². The summed E-state index contributed by atoms with van der Waals surface area (Å²) in [5.41, 5.74) is 2.10. The monoisotopic (exact) mass is 464 g/mol. The number of hydrogen-bond acceptors (Lipinski definition) is 6. The van der Waals surface area contributed by atoms with E-state index in [1.54, 1.807) is 60.8 Å². The molecule has 1 aliphatic heterocycles. The molecule has 2 aromatic carbocycles. The van der Waals surface area contributed by atoms with E-state index in [1.165, 1.54) is 0 Å². The molecule has 3 aromatic rings. The van der Waals surface area contributed by atoms with Gasteiger partial charge in [0.2, 0.25) is 0 Å². The summed E-state index contributed by atoms with van der Waals surface area (Å²) in [7, 11) is -1.32. The lowest BCUT2D eigenvalue weighted by Crippen LogP contribution is -2.45. The quantitative estimate of drug-likeness (QED) is 0.579. The molecule has 0 atom stereocenters. The second kappa shape index (κ2) is 10.1. The van der Waals surface area contributed by atoms with Gasteiger partial charge in [0.15, 0.2) is 9.84 Å². The molecule has 0 saturated carbocycles. The fourth-order valence-corrected chi connectivity index (χ4v) is 5.20. The highest BCUT2D eigenvalue weighted by molar-refractivity contribution is 7.90. The smallest absolute Gasteiger partial charge is 0.251 e. The van der Waals surface area contributed by atoms with Gasteiger partial charge in [-0.2, -0.15) is 0 Å². The minimum Gasteiger partial charge on any atom is -0.354 e. The molecule has 0 bridgehead atoms. The number of benzene rings is 2. The molecule has 2 heterocycles. The van der Waals surface area contributed by atoms with E-state index < -0.39 is 9.84 Å². The van der Waals surface area contributed by atoms with Crippen LogP contribution in [0.4, 0.5) is 5.82 Å². The van der Waals surface area contributed by atoms with Gasteiger partial charge < -0.3 is 15.1 Å². The maximum Gasteiger partial charge on any atom is 0.251 e. The number of amides is 1. The first kappa shape index (κ1) is 22.9. The van der Waals surface area contributed by atoms with Crippen LogP contribution >= 0.6 is 0 Å². The zero-order valence-electron chi connectivity index (χ0n) is 18.6. The highest BCUT2D eigenvalue weighted by Crippen LogP contribution is 2.19. The number of pyridine rings is 1. The summed E-state index contributed by atoms with van der Waals surface area (Å²) in [4.78, 5) is 22.1. The number of hydrogen-bond donors (Lipinski definition) is 1. The lowest BCUT2D eigenvalue weighted by molar-refractivity contribution is 0.0951. The van der Waals surface area contributed by atoms with Crippen molar-refractivity contribution in [3.8, 4) is 0 Å². The van der Waals surface area contributed by atoms with Crippen LogP contribution in [0.3, 0.4) is 0 Å². The van der Waals surface area contributed by atoms with Gasteiger partial charge in [-0.3, -0.25) is 4.79 Å². The van der Waals surface area contributed by atoms with Crippen LogP contribution in [0.1, 0.15) is 21.5 Å². The van der Waals surface area contributed by atoms with Crippen LogP contribution in [-0.2, 0) is 22.1 Å². The lowest BCUT2D eigenvalue weighted by Gasteiger charge is -2.34. The second-order valence-electron chi connectivity index (χ2n) is 8.23. The molecule has 0 aliphatic carbocycles. The normalized spacial score (nSPS) is 14.8. The Morgan fingerprint density at radius 2 is 1.64 bits per heavy atom. The van der Waals surface area contributed by atoms with Crippen molar-refractivity contribution in [1.82, 2.24) is 15.2 Å². The Bertz CT molecular complexity index is 1190. The predicted molar refractivity (Wildman–Crippen MR) is 129 cm³/mol. The van der Waals surface area contributed by atoms with Crippen molar-refractivity contribution in [1.29, 1.82) is 0 Å². The standard InChI is InChI=1S/C25H28N4O3S/c1-28-14-16-29(17-15-28)24-22(6-5-13-26-24)18-27-25(30)21-11-9-20(10-12-21)19-33(31,32)23-7-3-2-4-8-23/h2-13H,14-19H2,1H3,(H,27,30). The Kier molecular flexibility index (Phi) is 7.05. The van der Waals surface area contributed by atoms with Gasteiger partial charge in [-0.25, -0.2) is 13.4 Å². The average molecular weight is 465 g/mol. The molecular weight excluding hydrogens is 436 g/mol. The number of nitrogens with one attached hydrogen (secondary N) is 1. The molecule has 0 radical (unpaired) electrons. The predicted octanol–water partition coefficient (Wildman–Crippen LogP) is 2.74. The van der Waals surface area contributed by atoms with E-state index in [4.69, 9.17) is 0 Å². The summed E-state index contributed by atoms with van der Waals surface area (Å²) in [5.74, 6) is 0.594. The highest BCUT2D eigenvalue weighted by atomic mass is 32.2. The molecule has 1 saturated heterocycles.